The van der Waals surface area contributed by atoms with Crippen LogP contribution in [0.3, 0.4) is 0 Å². The van der Waals surface area contributed by atoms with Gasteiger partial charge >= 0.3 is 6.03 Å². The van der Waals surface area contributed by atoms with Crippen molar-refractivity contribution in [2.75, 3.05) is 49.5 Å². The van der Waals surface area contributed by atoms with Crippen LogP contribution in [0.1, 0.15) is 0 Å². The molecular weight excluding hydrogens is 359 g/mol. The fraction of sp³-hybridized carbons (Fsp3) is 0.353. The standard InChI is InChI=1S/C17H20ClFN6O/c18-13-3-1-4-14(15(13)19)23-17(26)22-7-8-24-9-11-25(12-10-24)16-20-5-2-6-21-16/h1-6H,7-12H2,(H2,22,23,26). The first-order valence-corrected chi connectivity index (χ1v) is 8.74. The molecule has 3 rings (SSSR count). The van der Waals surface area contributed by atoms with Crippen molar-refractivity contribution in [3.8, 4) is 0 Å². The van der Waals surface area contributed by atoms with Crippen LogP contribution in [0.2, 0.25) is 5.02 Å². The van der Waals surface area contributed by atoms with E-state index in [1.165, 1.54) is 12.1 Å². The summed E-state index contributed by atoms with van der Waals surface area (Å²) >= 11 is 5.69. The summed E-state index contributed by atoms with van der Waals surface area (Å²) in [7, 11) is 0. The topological polar surface area (TPSA) is 73.4 Å². The number of halogens is 2. The number of hydrogen-bond donors (Lipinski definition) is 2. The highest BCUT2D eigenvalue weighted by Crippen LogP contribution is 2.21. The van der Waals surface area contributed by atoms with E-state index in [9.17, 15) is 9.18 Å². The van der Waals surface area contributed by atoms with Gasteiger partial charge in [0.25, 0.3) is 0 Å². The maximum atomic E-state index is 13.8. The molecule has 0 spiro atoms. The van der Waals surface area contributed by atoms with E-state index in [2.05, 4.69) is 30.4 Å². The van der Waals surface area contributed by atoms with Crippen LogP contribution in [0.15, 0.2) is 36.7 Å². The molecule has 2 heterocycles. The zero-order valence-electron chi connectivity index (χ0n) is 14.2. The Kier molecular flexibility index (Phi) is 6.19. The van der Waals surface area contributed by atoms with Gasteiger partial charge in [0.15, 0.2) is 5.82 Å². The highest BCUT2D eigenvalue weighted by atomic mass is 35.5. The van der Waals surface area contributed by atoms with Crippen LogP contribution in [-0.4, -0.2) is 60.2 Å². The van der Waals surface area contributed by atoms with Gasteiger partial charge in [-0.25, -0.2) is 19.2 Å². The first kappa shape index (κ1) is 18.3. The molecule has 0 aliphatic carbocycles. The van der Waals surface area contributed by atoms with E-state index in [1.807, 2.05) is 0 Å². The number of carbonyl (C=O) groups is 1. The first-order chi connectivity index (χ1) is 12.6. The summed E-state index contributed by atoms with van der Waals surface area (Å²) in [4.78, 5) is 24.8. The predicted molar refractivity (Wildman–Crippen MR) is 99.1 cm³/mol. The Hall–Kier alpha value is -2.45. The second kappa shape index (κ2) is 8.77. The van der Waals surface area contributed by atoms with Gasteiger partial charge in [-0.05, 0) is 18.2 Å². The van der Waals surface area contributed by atoms with E-state index in [1.54, 1.807) is 24.5 Å². The lowest BCUT2D eigenvalue weighted by Crippen LogP contribution is -2.49. The molecule has 1 saturated heterocycles. The van der Waals surface area contributed by atoms with Crippen molar-refractivity contribution < 1.29 is 9.18 Å². The smallest absolute Gasteiger partial charge is 0.319 e. The molecule has 26 heavy (non-hydrogen) atoms. The third-order valence-corrected chi connectivity index (χ3v) is 4.41. The molecule has 0 radical (unpaired) electrons. The Morgan fingerprint density at radius 1 is 1.15 bits per heavy atom. The van der Waals surface area contributed by atoms with Crippen molar-refractivity contribution in [1.29, 1.82) is 0 Å². The number of benzene rings is 1. The third-order valence-electron chi connectivity index (χ3n) is 4.12. The Labute approximate surface area is 156 Å². The molecule has 0 saturated carbocycles. The monoisotopic (exact) mass is 378 g/mol. The number of hydrogen-bond acceptors (Lipinski definition) is 5. The Morgan fingerprint density at radius 2 is 1.88 bits per heavy atom. The minimum Gasteiger partial charge on any atom is -0.338 e. The van der Waals surface area contributed by atoms with Gasteiger partial charge in [0.05, 0.1) is 10.7 Å². The summed E-state index contributed by atoms with van der Waals surface area (Å²) in [6.45, 7) is 4.59. The zero-order valence-corrected chi connectivity index (χ0v) is 14.9. The molecule has 2 N–H and O–H groups in total. The first-order valence-electron chi connectivity index (χ1n) is 8.36. The Bertz CT molecular complexity index is 739. The Balaban J connectivity index is 1.38. The van der Waals surface area contributed by atoms with Crippen molar-refractivity contribution in [2.24, 2.45) is 0 Å². The molecule has 1 fully saturated rings. The van der Waals surface area contributed by atoms with Crippen molar-refractivity contribution in [1.82, 2.24) is 20.2 Å². The summed E-state index contributed by atoms with van der Waals surface area (Å²) in [5, 5.41) is 5.17. The number of rotatable bonds is 5. The van der Waals surface area contributed by atoms with Crippen LogP contribution in [0, 0.1) is 5.82 Å². The van der Waals surface area contributed by atoms with Gasteiger partial charge in [-0.15, -0.1) is 0 Å². The molecule has 2 aromatic rings. The number of nitrogens with one attached hydrogen (secondary N) is 2. The number of urea groups is 1. The number of nitrogens with zero attached hydrogens (tertiary/aromatic N) is 4. The number of anilines is 2. The van der Waals surface area contributed by atoms with E-state index in [0.29, 0.717) is 6.54 Å². The molecule has 1 aliphatic heterocycles. The molecule has 1 aromatic heterocycles. The fourth-order valence-corrected chi connectivity index (χ4v) is 2.89. The highest BCUT2D eigenvalue weighted by molar-refractivity contribution is 6.31. The summed E-state index contributed by atoms with van der Waals surface area (Å²) in [6, 6.07) is 5.82. The van der Waals surface area contributed by atoms with Gasteiger partial charge in [0.2, 0.25) is 5.95 Å². The van der Waals surface area contributed by atoms with Crippen LogP contribution >= 0.6 is 11.6 Å². The summed E-state index contributed by atoms with van der Waals surface area (Å²) < 4.78 is 13.8. The van der Waals surface area contributed by atoms with E-state index >= 15 is 0 Å². The minimum absolute atomic E-state index is 0.0249. The summed E-state index contributed by atoms with van der Waals surface area (Å²) in [5.41, 5.74) is 0.0616. The molecule has 1 aromatic carbocycles. The summed E-state index contributed by atoms with van der Waals surface area (Å²) in [6.07, 6.45) is 3.47. The zero-order chi connectivity index (χ0) is 18.4. The average Bonchev–Trinajstić information content (AvgIpc) is 2.67. The molecule has 7 nitrogen and oxygen atoms in total. The van der Waals surface area contributed by atoms with Crippen molar-refractivity contribution >= 4 is 29.3 Å². The molecule has 1 aliphatic rings. The quantitative estimate of drug-likeness (QED) is 0.834. The fourth-order valence-electron chi connectivity index (χ4n) is 2.72. The van der Waals surface area contributed by atoms with Gasteiger partial charge in [0.1, 0.15) is 0 Å². The molecule has 0 unspecified atom stereocenters. The SMILES string of the molecule is O=C(NCCN1CCN(c2ncccn2)CC1)Nc1cccc(Cl)c1F. The normalized spacial score (nSPS) is 14.9. The second-order valence-electron chi connectivity index (χ2n) is 5.86. The van der Waals surface area contributed by atoms with Gasteiger partial charge in [-0.1, -0.05) is 17.7 Å². The van der Waals surface area contributed by atoms with E-state index in [-0.39, 0.29) is 10.7 Å². The molecular formula is C17H20ClFN6O. The lowest BCUT2D eigenvalue weighted by molar-refractivity contribution is 0.240. The van der Waals surface area contributed by atoms with E-state index < -0.39 is 11.8 Å². The van der Waals surface area contributed by atoms with Crippen molar-refractivity contribution in [2.45, 2.75) is 0 Å². The van der Waals surface area contributed by atoms with Crippen LogP contribution in [0.25, 0.3) is 0 Å². The second-order valence-corrected chi connectivity index (χ2v) is 6.27. The molecule has 0 atom stereocenters. The van der Waals surface area contributed by atoms with Gasteiger partial charge < -0.3 is 15.5 Å². The average molecular weight is 379 g/mol. The maximum Gasteiger partial charge on any atom is 0.319 e. The number of aromatic nitrogens is 2. The number of carbonyl (C=O) groups excluding carboxylic acids is 1. The minimum atomic E-state index is -0.636. The van der Waals surface area contributed by atoms with E-state index in [4.69, 9.17) is 11.6 Å². The van der Waals surface area contributed by atoms with Crippen molar-refractivity contribution in [3.05, 3.63) is 47.5 Å². The molecule has 138 valence electrons. The molecule has 9 heteroatoms. The molecule has 0 bridgehead atoms. The van der Waals surface area contributed by atoms with Crippen LogP contribution in [0.5, 0.6) is 0 Å². The predicted octanol–water partition coefficient (Wildman–Crippen LogP) is 2.21. The highest BCUT2D eigenvalue weighted by Gasteiger charge is 2.18. The van der Waals surface area contributed by atoms with Crippen molar-refractivity contribution in [3.63, 3.8) is 0 Å². The lowest BCUT2D eigenvalue weighted by atomic mass is 10.3. The van der Waals surface area contributed by atoms with E-state index in [0.717, 1.165) is 38.7 Å². The third kappa shape index (κ3) is 4.80. The number of piperazine rings is 1. The lowest BCUT2D eigenvalue weighted by Gasteiger charge is -2.34. The van der Waals surface area contributed by atoms with Crippen LogP contribution in [0.4, 0.5) is 20.8 Å². The number of amides is 2. The van der Waals surface area contributed by atoms with Gasteiger partial charge in [0, 0.05) is 51.7 Å². The molecule has 2 amide bonds. The largest absolute Gasteiger partial charge is 0.338 e. The summed E-state index contributed by atoms with van der Waals surface area (Å²) in [5.74, 6) is 0.108. The maximum absolute atomic E-state index is 13.8. The van der Waals surface area contributed by atoms with Gasteiger partial charge in [-0.2, -0.15) is 0 Å². The Morgan fingerprint density at radius 3 is 2.62 bits per heavy atom. The van der Waals surface area contributed by atoms with Crippen LogP contribution in [-0.2, 0) is 0 Å². The van der Waals surface area contributed by atoms with Crippen LogP contribution < -0.4 is 15.5 Å². The van der Waals surface area contributed by atoms with Gasteiger partial charge in [-0.3, -0.25) is 4.90 Å².